The van der Waals surface area contributed by atoms with Gasteiger partial charge in [-0.25, -0.2) is 5.43 Å². The Morgan fingerprint density at radius 2 is 2.04 bits per heavy atom. The van der Waals surface area contributed by atoms with Crippen LogP contribution in [0.2, 0.25) is 0 Å². The van der Waals surface area contributed by atoms with Crippen LogP contribution >= 0.6 is 0 Å². The number of likely N-dealkylation sites (N-methyl/N-ethyl adjacent to an activating group) is 1. The molecule has 0 saturated heterocycles. The molecule has 0 spiro atoms. The van der Waals surface area contributed by atoms with Crippen molar-refractivity contribution in [2.45, 2.75) is 6.54 Å². The van der Waals surface area contributed by atoms with Gasteiger partial charge in [-0.3, -0.25) is 4.79 Å². The molecule has 0 fully saturated rings. The van der Waals surface area contributed by atoms with Crippen molar-refractivity contribution < 1.29 is 9.53 Å². The van der Waals surface area contributed by atoms with Crippen LogP contribution in [-0.2, 0) is 11.3 Å². The Bertz CT molecular complexity index is 759. The smallest absolute Gasteiger partial charge is 0.259 e. The van der Waals surface area contributed by atoms with Crippen LogP contribution in [-0.4, -0.2) is 37.3 Å². The summed E-state index contributed by atoms with van der Waals surface area (Å²) in [6.07, 6.45) is 0. The molecule has 2 aromatic rings. The van der Waals surface area contributed by atoms with Gasteiger partial charge >= 0.3 is 0 Å². The lowest BCUT2D eigenvalue weighted by atomic mass is 10.1. The van der Waals surface area contributed by atoms with E-state index in [1.54, 1.807) is 7.11 Å². The average Bonchev–Trinajstić information content (AvgIpc) is 2.61. The minimum absolute atomic E-state index is 0.116. The lowest BCUT2D eigenvalue weighted by molar-refractivity contribution is -0.121. The first kappa shape index (κ1) is 15.9. The molecule has 1 heterocycles. The van der Waals surface area contributed by atoms with E-state index in [9.17, 15) is 4.79 Å². The first-order valence-corrected chi connectivity index (χ1v) is 7.71. The predicted molar refractivity (Wildman–Crippen MR) is 94.1 cm³/mol. The van der Waals surface area contributed by atoms with E-state index in [2.05, 4.69) is 28.0 Å². The van der Waals surface area contributed by atoms with Crippen LogP contribution in [0.4, 0.5) is 5.69 Å². The van der Waals surface area contributed by atoms with Crippen molar-refractivity contribution in [3.63, 3.8) is 0 Å². The van der Waals surface area contributed by atoms with Gasteiger partial charge in [0.1, 0.15) is 5.75 Å². The van der Waals surface area contributed by atoms with Crippen LogP contribution in [0.1, 0.15) is 11.1 Å². The van der Waals surface area contributed by atoms with Crippen molar-refractivity contribution in [3.8, 4) is 5.75 Å². The molecule has 0 radical (unpaired) electrons. The number of carbonyl (C=O) groups is 1. The van der Waals surface area contributed by atoms with Crippen LogP contribution in [0.3, 0.4) is 0 Å². The second-order valence-electron chi connectivity index (χ2n) is 5.58. The first-order valence-electron chi connectivity index (χ1n) is 7.71. The van der Waals surface area contributed by atoms with Gasteiger partial charge in [0.15, 0.2) is 5.84 Å². The maximum absolute atomic E-state index is 11.4. The van der Waals surface area contributed by atoms with Crippen molar-refractivity contribution in [1.82, 2.24) is 10.3 Å². The highest BCUT2D eigenvalue weighted by Crippen LogP contribution is 2.27. The van der Waals surface area contributed by atoms with E-state index in [-0.39, 0.29) is 12.5 Å². The summed E-state index contributed by atoms with van der Waals surface area (Å²) in [6.45, 7) is 1.00. The van der Waals surface area contributed by atoms with Gasteiger partial charge in [-0.2, -0.15) is 5.10 Å². The number of hydrogen-bond acceptors (Lipinski definition) is 5. The number of methoxy groups -OCH3 is 1. The number of rotatable bonds is 5. The summed E-state index contributed by atoms with van der Waals surface area (Å²) in [5.41, 5.74) is 5.51. The minimum Gasteiger partial charge on any atom is -0.495 e. The molecule has 0 aliphatic carbocycles. The molecule has 0 atom stereocenters. The van der Waals surface area contributed by atoms with Crippen molar-refractivity contribution in [3.05, 3.63) is 59.7 Å². The number of nitrogens with one attached hydrogen (secondary N) is 2. The molecule has 1 aliphatic heterocycles. The van der Waals surface area contributed by atoms with Crippen LogP contribution in [0.15, 0.2) is 53.6 Å². The molecule has 0 bridgehead atoms. The third-order valence-electron chi connectivity index (χ3n) is 3.81. The zero-order valence-corrected chi connectivity index (χ0v) is 13.7. The van der Waals surface area contributed by atoms with Crippen molar-refractivity contribution in [1.29, 1.82) is 0 Å². The van der Waals surface area contributed by atoms with E-state index in [0.29, 0.717) is 12.4 Å². The third-order valence-corrected chi connectivity index (χ3v) is 3.81. The molecule has 1 amide bonds. The van der Waals surface area contributed by atoms with E-state index in [4.69, 9.17) is 4.74 Å². The molecule has 6 heteroatoms. The van der Waals surface area contributed by atoms with Crippen molar-refractivity contribution in [2.24, 2.45) is 5.10 Å². The molecule has 24 heavy (non-hydrogen) atoms. The number of hydrazone groups is 1. The number of anilines is 1. The maximum atomic E-state index is 11.4. The average molecular weight is 324 g/mol. The van der Waals surface area contributed by atoms with Gasteiger partial charge in [0, 0.05) is 19.2 Å². The van der Waals surface area contributed by atoms with Crippen LogP contribution in [0.25, 0.3) is 0 Å². The summed E-state index contributed by atoms with van der Waals surface area (Å²) in [5.74, 6) is 1.33. The highest BCUT2D eigenvalue weighted by molar-refractivity contribution is 6.03. The zero-order valence-electron chi connectivity index (χ0n) is 13.7. The van der Waals surface area contributed by atoms with Crippen LogP contribution in [0, 0.1) is 0 Å². The lowest BCUT2D eigenvalue weighted by Gasteiger charge is -2.25. The topological polar surface area (TPSA) is 66.0 Å². The fourth-order valence-corrected chi connectivity index (χ4v) is 2.58. The highest BCUT2D eigenvalue weighted by atomic mass is 16.5. The second-order valence-corrected chi connectivity index (χ2v) is 5.58. The number of amides is 1. The Labute approximate surface area is 141 Å². The van der Waals surface area contributed by atoms with Gasteiger partial charge < -0.3 is 15.0 Å². The fourth-order valence-electron chi connectivity index (χ4n) is 2.58. The Hall–Kier alpha value is -3.02. The minimum atomic E-state index is -0.116. The first-order chi connectivity index (χ1) is 11.7. The molecule has 0 saturated carbocycles. The number of benzene rings is 2. The van der Waals surface area contributed by atoms with Crippen molar-refractivity contribution >= 4 is 17.4 Å². The number of ether oxygens (including phenoxy) is 1. The summed E-state index contributed by atoms with van der Waals surface area (Å²) in [7, 11) is 3.48. The van der Waals surface area contributed by atoms with Gasteiger partial charge in [-0.15, -0.1) is 0 Å². The molecule has 0 aromatic heterocycles. The quantitative estimate of drug-likeness (QED) is 0.883. The van der Waals surface area contributed by atoms with Crippen molar-refractivity contribution in [2.75, 3.05) is 26.0 Å². The monoisotopic (exact) mass is 324 g/mol. The highest BCUT2D eigenvalue weighted by Gasteiger charge is 2.19. The molecule has 0 unspecified atom stereocenters. The Balaban J connectivity index is 1.79. The number of hydrogen-bond donors (Lipinski definition) is 2. The summed E-state index contributed by atoms with van der Waals surface area (Å²) < 4.78 is 5.50. The largest absolute Gasteiger partial charge is 0.495 e. The SMILES string of the molecule is COc1cc(C2=NNC(=O)CN2C)ccc1NCc1ccccc1. The third kappa shape index (κ3) is 3.48. The van der Waals surface area contributed by atoms with Gasteiger partial charge in [-0.05, 0) is 23.8 Å². The summed E-state index contributed by atoms with van der Waals surface area (Å²) in [6, 6.07) is 16.0. The molecule has 3 rings (SSSR count). The molecular weight excluding hydrogens is 304 g/mol. The summed E-state index contributed by atoms with van der Waals surface area (Å²) in [4.78, 5) is 13.2. The molecular formula is C18H20N4O2. The Kier molecular flexibility index (Phi) is 4.65. The fraction of sp³-hybridized carbons (Fsp3) is 0.222. The van der Waals surface area contributed by atoms with E-state index < -0.39 is 0 Å². The van der Waals surface area contributed by atoms with Gasteiger partial charge in [-0.1, -0.05) is 30.3 Å². The van der Waals surface area contributed by atoms with Crippen LogP contribution in [0.5, 0.6) is 5.75 Å². The van der Waals surface area contributed by atoms with Gasteiger partial charge in [0.2, 0.25) is 0 Å². The molecule has 2 aromatic carbocycles. The molecule has 2 N–H and O–H groups in total. The Morgan fingerprint density at radius 1 is 1.25 bits per heavy atom. The van der Waals surface area contributed by atoms with E-state index in [1.165, 1.54) is 5.56 Å². The number of amidine groups is 1. The second kappa shape index (κ2) is 7.04. The Morgan fingerprint density at radius 3 is 2.75 bits per heavy atom. The van der Waals surface area contributed by atoms with Gasteiger partial charge in [0.25, 0.3) is 5.91 Å². The standard InChI is InChI=1S/C18H20N4O2/c1-22-12-17(23)20-21-18(22)14-8-9-15(16(10-14)24-2)19-11-13-6-4-3-5-7-13/h3-10,19H,11-12H2,1-2H3,(H,20,23). The maximum Gasteiger partial charge on any atom is 0.259 e. The number of nitrogens with zero attached hydrogens (tertiary/aromatic N) is 2. The predicted octanol–water partition coefficient (Wildman–Crippen LogP) is 2.03. The molecule has 124 valence electrons. The summed E-state index contributed by atoms with van der Waals surface area (Å²) in [5, 5.41) is 7.51. The van der Waals surface area contributed by atoms with Gasteiger partial charge in [0.05, 0.1) is 19.3 Å². The van der Waals surface area contributed by atoms with E-state index in [0.717, 1.165) is 17.0 Å². The zero-order chi connectivity index (χ0) is 16.9. The normalized spacial score (nSPS) is 14.0. The number of carbonyl (C=O) groups excluding carboxylic acids is 1. The lowest BCUT2D eigenvalue weighted by Crippen LogP contribution is -2.43. The molecule has 1 aliphatic rings. The van der Waals surface area contributed by atoms with Crippen LogP contribution < -0.4 is 15.5 Å². The van der Waals surface area contributed by atoms with E-state index >= 15 is 0 Å². The summed E-state index contributed by atoms with van der Waals surface area (Å²) >= 11 is 0. The molecule has 6 nitrogen and oxygen atoms in total. The van der Waals surface area contributed by atoms with E-state index in [1.807, 2.05) is 48.3 Å².